The number of nitrogens with one attached hydrogen (secondary N) is 1. The average molecular weight is 318 g/mol. The van der Waals surface area contributed by atoms with Crippen LogP contribution >= 0.6 is 0 Å². The molecule has 0 fully saturated rings. The quantitative estimate of drug-likeness (QED) is 0.748. The van der Waals surface area contributed by atoms with Crippen LogP contribution in [0.5, 0.6) is 0 Å². The van der Waals surface area contributed by atoms with Crippen molar-refractivity contribution in [1.29, 1.82) is 0 Å². The van der Waals surface area contributed by atoms with E-state index in [4.69, 9.17) is 0 Å². The Kier molecular flexibility index (Phi) is 6.44. The fourth-order valence-corrected chi connectivity index (χ4v) is 3.38. The van der Waals surface area contributed by atoms with Crippen LogP contribution in [-0.2, 0) is 16.6 Å². The number of hydrogen-bond acceptors (Lipinski definition) is 3. The van der Waals surface area contributed by atoms with E-state index in [9.17, 15) is 17.2 Å². The van der Waals surface area contributed by atoms with Crippen LogP contribution in [0.1, 0.15) is 19.4 Å². The lowest BCUT2D eigenvalue weighted by atomic mass is 10.2. The Morgan fingerprint density at radius 1 is 1.33 bits per heavy atom. The Morgan fingerprint density at radius 3 is 2.52 bits per heavy atom. The topological polar surface area (TPSA) is 49.4 Å². The molecule has 0 atom stereocenters. The minimum atomic E-state index is -4.02. The Balaban J connectivity index is 3.33. The molecule has 0 aliphatic carbocycles. The zero-order valence-corrected chi connectivity index (χ0v) is 13.0. The van der Waals surface area contributed by atoms with Gasteiger partial charge in [-0.3, -0.25) is 0 Å². The van der Waals surface area contributed by atoms with Crippen molar-refractivity contribution >= 4 is 10.0 Å². The van der Waals surface area contributed by atoms with Gasteiger partial charge in [0.05, 0.1) is 0 Å². The van der Waals surface area contributed by atoms with Crippen LogP contribution in [0.25, 0.3) is 0 Å². The van der Waals surface area contributed by atoms with Gasteiger partial charge in [-0.15, -0.1) is 6.58 Å². The molecule has 0 aromatic heterocycles. The van der Waals surface area contributed by atoms with Gasteiger partial charge >= 0.3 is 0 Å². The molecule has 7 heteroatoms. The Bertz CT molecular complexity index is 603. The molecule has 4 nitrogen and oxygen atoms in total. The van der Waals surface area contributed by atoms with Crippen molar-refractivity contribution in [3.63, 3.8) is 0 Å². The van der Waals surface area contributed by atoms with Crippen LogP contribution in [0.3, 0.4) is 0 Å². The first-order valence-electron chi connectivity index (χ1n) is 6.68. The molecular weight excluding hydrogens is 298 g/mol. The molecule has 0 unspecified atom stereocenters. The second-order valence-electron chi connectivity index (χ2n) is 4.36. The van der Waals surface area contributed by atoms with Crippen molar-refractivity contribution in [3.8, 4) is 0 Å². The van der Waals surface area contributed by atoms with E-state index in [1.807, 2.05) is 0 Å². The van der Waals surface area contributed by atoms with Crippen molar-refractivity contribution in [1.82, 2.24) is 9.62 Å². The third-order valence-corrected chi connectivity index (χ3v) is 4.96. The molecule has 0 bridgehead atoms. The number of rotatable bonds is 8. The van der Waals surface area contributed by atoms with Gasteiger partial charge in [0, 0.05) is 25.2 Å². The first kappa shape index (κ1) is 17.7. The summed E-state index contributed by atoms with van der Waals surface area (Å²) in [6, 6.07) is 1.94. The second kappa shape index (κ2) is 7.63. The molecule has 0 heterocycles. The van der Waals surface area contributed by atoms with Crippen LogP contribution in [0, 0.1) is 11.6 Å². The molecule has 1 rings (SSSR count). The van der Waals surface area contributed by atoms with Crippen molar-refractivity contribution in [3.05, 3.63) is 42.0 Å². The summed E-state index contributed by atoms with van der Waals surface area (Å²) in [5, 5.41) is 2.79. The highest BCUT2D eigenvalue weighted by Crippen LogP contribution is 2.24. The predicted molar refractivity (Wildman–Crippen MR) is 78.4 cm³/mol. The van der Waals surface area contributed by atoms with Crippen molar-refractivity contribution < 1.29 is 17.2 Å². The first-order chi connectivity index (χ1) is 9.89. The summed E-state index contributed by atoms with van der Waals surface area (Å²) in [5.41, 5.74) is -0.271. The smallest absolute Gasteiger partial charge is 0.246 e. The number of sulfonamides is 1. The highest BCUT2D eigenvalue weighted by atomic mass is 32.2. The fraction of sp³-hybridized carbons (Fsp3) is 0.429. The van der Waals surface area contributed by atoms with E-state index >= 15 is 0 Å². The van der Waals surface area contributed by atoms with Crippen molar-refractivity contribution in [2.45, 2.75) is 25.3 Å². The van der Waals surface area contributed by atoms with Gasteiger partial charge in [0.2, 0.25) is 10.0 Å². The molecule has 21 heavy (non-hydrogen) atoms. The monoisotopic (exact) mass is 318 g/mol. The zero-order chi connectivity index (χ0) is 16.0. The van der Waals surface area contributed by atoms with E-state index in [0.717, 1.165) is 16.4 Å². The number of hydrogen-bond donors (Lipinski definition) is 1. The fourth-order valence-electron chi connectivity index (χ4n) is 1.87. The maximum atomic E-state index is 14.4. The van der Waals surface area contributed by atoms with Gasteiger partial charge in [-0.25, -0.2) is 17.2 Å². The van der Waals surface area contributed by atoms with Gasteiger partial charge in [-0.05, 0) is 18.7 Å². The molecule has 0 aliphatic rings. The molecule has 1 N–H and O–H groups in total. The average Bonchev–Trinajstić information content (AvgIpc) is 2.44. The minimum absolute atomic E-state index is 0.0644. The zero-order valence-electron chi connectivity index (χ0n) is 12.2. The van der Waals surface area contributed by atoms with Crippen molar-refractivity contribution in [2.24, 2.45) is 0 Å². The van der Waals surface area contributed by atoms with E-state index in [-0.39, 0.29) is 25.2 Å². The summed E-state index contributed by atoms with van der Waals surface area (Å²) in [5.74, 6) is -1.81. The third-order valence-electron chi connectivity index (χ3n) is 3.01. The lowest BCUT2D eigenvalue weighted by Crippen LogP contribution is -2.32. The molecule has 0 amide bonds. The molecule has 0 spiro atoms. The molecule has 0 radical (unpaired) electrons. The van der Waals surface area contributed by atoms with E-state index in [2.05, 4.69) is 11.9 Å². The van der Waals surface area contributed by atoms with E-state index < -0.39 is 26.6 Å². The molecule has 118 valence electrons. The van der Waals surface area contributed by atoms with Gasteiger partial charge < -0.3 is 5.32 Å². The van der Waals surface area contributed by atoms with E-state index in [1.54, 1.807) is 13.8 Å². The molecule has 1 aromatic rings. The number of nitrogens with zero attached hydrogens (tertiary/aromatic N) is 1. The normalized spacial score (nSPS) is 11.9. The standard InChI is InChI=1S/C14H20F2N2O2S/c1-4-9-18(6-3)21(19,20)13-8-7-12(15)11(14(13)16)10-17-5-2/h4,7-8,17H,1,5-6,9-10H2,2-3H3. The minimum Gasteiger partial charge on any atom is -0.313 e. The van der Waals surface area contributed by atoms with Crippen LogP contribution in [0.15, 0.2) is 29.7 Å². The highest BCUT2D eigenvalue weighted by molar-refractivity contribution is 7.89. The van der Waals surface area contributed by atoms with E-state index in [1.165, 1.54) is 6.08 Å². The van der Waals surface area contributed by atoms with Crippen LogP contribution in [0.2, 0.25) is 0 Å². The summed E-state index contributed by atoms with van der Waals surface area (Å²) in [6.45, 7) is 7.61. The second-order valence-corrected chi connectivity index (χ2v) is 6.27. The lowest BCUT2D eigenvalue weighted by Gasteiger charge is -2.20. The molecule has 0 saturated heterocycles. The third kappa shape index (κ3) is 3.87. The Labute approximate surface area is 124 Å². The lowest BCUT2D eigenvalue weighted by molar-refractivity contribution is 0.449. The van der Waals surface area contributed by atoms with Gasteiger partial charge in [0.15, 0.2) is 5.82 Å². The van der Waals surface area contributed by atoms with Gasteiger partial charge in [-0.2, -0.15) is 4.31 Å². The number of halogens is 2. The summed E-state index contributed by atoms with van der Waals surface area (Å²) < 4.78 is 53.9. The SMILES string of the molecule is C=CCN(CC)S(=O)(=O)c1ccc(F)c(CNCC)c1F. The van der Waals surface area contributed by atoms with Crippen LogP contribution < -0.4 is 5.32 Å². The van der Waals surface area contributed by atoms with E-state index in [0.29, 0.717) is 6.54 Å². The highest BCUT2D eigenvalue weighted by Gasteiger charge is 2.28. The Morgan fingerprint density at radius 2 is 2.00 bits per heavy atom. The first-order valence-corrected chi connectivity index (χ1v) is 8.12. The summed E-state index contributed by atoms with van der Waals surface area (Å²) in [4.78, 5) is -0.513. The summed E-state index contributed by atoms with van der Waals surface area (Å²) in [7, 11) is -4.02. The summed E-state index contributed by atoms with van der Waals surface area (Å²) in [6.07, 6.45) is 1.42. The molecular formula is C14H20F2N2O2S. The maximum Gasteiger partial charge on any atom is 0.246 e. The maximum absolute atomic E-state index is 14.4. The van der Waals surface area contributed by atoms with Gasteiger partial charge in [0.25, 0.3) is 0 Å². The van der Waals surface area contributed by atoms with Crippen LogP contribution in [-0.4, -0.2) is 32.4 Å². The van der Waals surface area contributed by atoms with Crippen molar-refractivity contribution in [2.75, 3.05) is 19.6 Å². The number of benzene rings is 1. The summed E-state index contributed by atoms with van der Waals surface area (Å²) >= 11 is 0. The van der Waals surface area contributed by atoms with Gasteiger partial charge in [0.1, 0.15) is 10.7 Å². The molecule has 0 aliphatic heterocycles. The largest absolute Gasteiger partial charge is 0.313 e. The van der Waals surface area contributed by atoms with Gasteiger partial charge in [-0.1, -0.05) is 19.9 Å². The Hall–Kier alpha value is -1.31. The molecule has 1 aromatic carbocycles. The molecule has 0 saturated carbocycles. The van der Waals surface area contributed by atoms with Crippen LogP contribution in [0.4, 0.5) is 8.78 Å². The number of likely N-dealkylation sites (N-methyl/N-ethyl adjacent to an activating group) is 1. The predicted octanol–water partition coefficient (Wildman–Crippen LogP) is 2.27.